The Hall–Kier alpha value is -1.46. The molecule has 5 heteroatoms. The maximum absolute atomic E-state index is 13.4. The van der Waals surface area contributed by atoms with Crippen LogP contribution >= 0.6 is 0 Å². The summed E-state index contributed by atoms with van der Waals surface area (Å²) in [7, 11) is 1.60. The summed E-state index contributed by atoms with van der Waals surface area (Å²) in [6, 6.07) is 5.82. The van der Waals surface area contributed by atoms with Crippen LogP contribution in [-0.2, 0) is 4.74 Å². The molecule has 2 atom stereocenters. The highest BCUT2D eigenvalue weighted by Crippen LogP contribution is 2.09. The lowest BCUT2D eigenvalue weighted by Crippen LogP contribution is -2.43. The Balaban J connectivity index is 2.04. The summed E-state index contributed by atoms with van der Waals surface area (Å²) in [5, 5.41) is 5.88. The molecule has 1 fully saturated rings. The number of hydrogen-bond donors (Lipinski definition) is 2. The van der Waals surface area contributed by atoms with Gasteiger partial charge in [0.25, 0.3) is 5.91 Å². The number of ether oxygens (including phenoxy) is 1. The smallest absolute Gasteiger partial charge is 0.254 e. The van der Waals surface area contributed by atoms with Crippen molar-refractivity contribution < 1.29 is 13.9 Å². The van der Waals surface area contributed by atoms with E-state index >= 15 is 0 Å². The number of carbonyl (C=O) groups excluding carboxylic acids is 1. The Morgan fingerprint density at radius 2 is 2.24 bits per heavy atom. The molecule has 0 spiro atoms. The van der Waals surface area contributed by atoms with E-state index in [0.717, 1.165) is 0 Å². The highest BCUT2D eigenvalue weighted by atomic mass is 19.1. The van der Waals surface area contributed by atoms with E-state index < -0.39 is 11.7 Å². The molecule has 0 bridgehead atoms. The quantitative estimate of drug-likeness (QED) is 0.808. The van der Waals surface area contributed by atoms with Crippen LogP contribution in [0.3, 0.4) is 0 Å². The van der Waals surface area contributed by atoms with Gasteiger partial charge < -0.3 is 15.4 Å². The van der Waals surface area contributed by atoms with E-state index in [4.69, 9.17) is 4.74 Å². The maximum atomic E-state index is 13.4. The molecule has 0 saturated carbocycles. The van der Waals surface area contributed by atoms with Crippen molar-refractivity contribution in [3.05, 3.63) is 35.6 Å². The second-order valence-corrected chi connectivity index (χ2v) is 3.99. The van der Waals surface area contributed by atoms with Gasteiger partial charge in [0.15, 0.2) is 0 Å². The Kier molecular flexibility index (Phi) is 3.71. The van der Waals surface area contributed by atoms with E-state index in [1.54, 1.807) is 19.2 Å². The van der Waals surface area contributed by atoms with Gasteiger partial charge >= 0.3 is 0 Å². The standard InChI is InChI=1S/C12H15FN2O2/c1-17-11-7-14-6-10(11)15-12(16)8-4-2-3-5-9(8)13/h2-5,10-11,14H,6-7H2,1H3,(H,15,16)/t10?,11-/m1/s1. The van der Waals surface area contributed by atoms with Crippen LogP contribution in [0.5, 0.6) is 0 Å². The zero-order valence-corrected chi connectivity index (χ0v) is 9.57. The van der Waals surface area contributed by atoms with Crippen molar-refractivity contribution in [3.63, 3.8) is 0 Å². The van der Waals surface area contributed by atoms with Crippen molar-refractivity contribution in [2.24, 2.45) is 0 Å². The van der Waals surface area contributed by atoms with Crippen molar-refractivity contribution in [2.75, 3.05) is 20.2 Å². The molecule has 1 unspecified atom stereocenters. The minimum Gasteiger partial charge on any atom is -0.378 e. The van der Waals surface area contributed by atoms with Crippen LogP contribution in [0.15, 0.2) is 24.3 Å². The molecular formula is C12H15FN2O2. The Bertz CT molecular complexity index is 411. The molecule has 17 heavy (non-hydrogen) atoms. The minimum atomic E-state index is -0.509. The summed E-state index contributed by atoms with van der Waals surface area (Å²) in [5.41, 5.74) is 0.0641. The zero-order valence-electron chi connectivity index (χ0n) is 9.57. The number of amides is 1. The van der Waals surface area contributed by atoms with Gasteiger partial charge in [-0.05, 0) is 12.1 Å². The average Bonchev–Trinajstić information content (AvgIpc) is 2.76. The first-order valence-electron chi connectivity index (χ1n) is 5.51. The van der Waals surface area contributed by atoms with E-state index in [0.29, 0.717) is 13.1 Å². The molecule has 4 nitrogen and oxygen atoms in total. The summed E-state index contributed by atoms with van der Waals surface area (Å²) >= 11 is 0. The number of methoxy groups -OCH3 is 1. The number of rotatable bonds is 3. The lowest BCUT2D eigenvalue weighted by molar-refractivity contribution is 0.0777. The zero-order chi connectivity index (χ0) is 12.3. The molecule has 1 aromatic carbocycles. The van der Waals surface area contributed by atoms with Gasteiger partial charge in [0.1, 0.15) is 5.82 Å². The molecule has 1 heterocycles. The fourth-order valence-electron chi connectivity index (χ4n) is 1.94. The van der Waals surface area contributed by atoms with Gasteiger partial charge in [0, 0.05) is 20.2 Å². The molecule has 0 radical (unpaired) electrons. The number of carbonyl (C=O) groups is 1. The van der Waals surface area contributed by atoms with Crippen LogP contribution < -0.4 is 10.6 Å². The Labute approximate surface area is 99.2 Å². The van der Waals surface area contributed by atoms with Crippen LogP contribution in [0.4, 0.5) is 4.39 Å². The molecule has 92 valence electrons. The Morgan fingerprint density at radius 1 is 1.47 bits per heavy atom. The second kappa shape index (κ2) is 5.25. The number of halogens is 1. The van der Waals surface area contributed by atoms with Gasteiger partial charge in [-0.1, -0.05) is 12.1 Å². The fourth-order valence-corrected chi connectivity index (χ4v) is 1.94. The van der Waals surface area contributed by atoms with Crippen molar-refractivity contribution in [3.8, 4) is 0 Å². The van der Waals surface area contributed by atoms with Crippen molar-refractivity contribution >= 4 is 5.91 Å². The first-order chi connectivity index (χ1) is 8.22. The van der Waals surface area contributed by atoms with Gasteiger partial charge in [-0.2, -0.15) is 0 Å². The van der Waals surface area contributed by atoms with Crippen LogP contribution in [0.1, 0.15) is 10.4 Å². The molecule has 1 aromatic rings. The monoisotopic (exact) mass is 238 g/mol. The van der Waals surface area contributed by atoms with Gasteiger partial charge in [-0.3, -0.25) is 4.79 Å². The van der Waals surface area contributed by atoms with Gasteiger partial charge in [-0.15, -0.1) is 0 Å². The maximum Gasteiger partial charge on any atom is 0.254 e. The molecule has 1 aliphatic rings. The predicted octanol–water partition coefficient (Wildman–Crippen LogP) is 0.542. The third-order valence-electron chi connectivity index (χ3n) is 2.90. The first kappa shape index (κ1) is 12.0. The minimum absolute atomic E-state index is 0.0641. The summed E-state index contributed by atoms with van der Waals surface area (Å²) < 4.78 is 18.6. The van der Waals surface area contributed by atoms with E-state index in [9.17, 15) is 9.18 Å². The largest absolute Gasteiger partial charge is 0.378 e. The predicted molar refractivity (Wildman–Crippen MR) is 61.3 cm³/mol. The third-order valence-corrected chi connectivity index (χ3v) is 2.90. The molecule has 0 aromatic heterocycles. The highest BCUT2D eigenvalue weighted by Gasteiger charge is 2.28. The SMILES string of the molecule is CO[C@@H]1CNCC1NC(=O)c1ccccc1F. The molecule has 1 amide bonds. The van der Waals surface area contributed by atoms with Gasteiger partial charge in [0.2, 0.25) is 0 Å². The van der Waals surface area contributed by atoms with Gasteiger partial charge in [0.05, 0.1) is 17.7 Å². The number of benzene rings is 1. The molecule has 1 aliphatic heterocycles. The van der Waals surface area contributed by atoms with E-state index in [-0.39, 0.29) is 17.7 Å². The van der Waals surface area contributed by atoms with Crippen molar-refractivity contribution in [2.45, 2.75) is 12.1 Å². The van der Waals surface area contributed by atoms with Crippen LogP contribution in [0, 0.1) is 5.82 Å². The van der Waals surface area contributed by atoms with Crippen LogP contribution in [-0.4, -0.2) is 38.3 Å². The van der Waals surface area contributed by atoms with Crippen molar-refractivity contribution in [1.82, 2.24) is 10.6 Å². The fraction of sp³-hybridized carbons (Fsp3) is 0.417. The summed E-state index contributed by atoms with van der Waals surface area (Å²) in [4.78, 5) is 11.8. The highest BCUT2D eigenvalue weighted by molar-refractivity contribution is 5.94. The topological polar surface area (TPSA) is 50.4 Å². The number of hydrogen-bond acceptors (Lipinski definition) is 3. The lowest BCUT2D eigenvalue weighted by Gasteiger charge is -2.18. The van der Waals surface area contributed by atoms with E-state index in [1.165, 1.54) is 12.1 Å². The van der Waals surface area contributed by atoms with Gasteiger partial charge in [-0.25, -0.2) is 4.39 Å². The molecular weight excluding hydrogens is 223 g/mol. The summed E-state index contributed by atoms with van der Waals surface area (Å²) in [6.07, 6.45) is -0.0641. The van der Waals surface area contributed by atoms with E-state index in [1.807, 2.05) is 0 Å². The molecule has 1 saturated heterocycles. The Morgan fingerprint density at radius 3 is 2.94 bits per heavy atom. The molecule has 2 rings (SSSR count). The van der Waals surface area contributed by atoms with Crippen molar-refractivity contribution in [1.29, 1.82) is 0 Å². The van der Waals surface area contributed by atoms with Crippen LogP contribution in [0.25, 0.3) is 0 Å². The normalized spacial score (nSPS) is 23.6. The average molecular weight is 238 g/mol. The lowest BCUT2D eigenvalue weighted by atomic mass is 10.1. The van der Waals surface area contributed by atoms with E-state index in [2.05, 4.69) is 10.6 Å². The first-order valence-corrected chi connectivity index (χ1v) is 5.51. The summed E-state index contributed by atoms with van der Waals surface area (Å²) in [6.45, 7) is 1.33. The molecule has 2 N–H and O–H groups in total. The molecule has 0 aliphatic carbocycles. The van der Waals surface area contributed by atoms with Crippen LogP contribution in [0.2, 0.25) is 0 Å². The number of nitrogens with one attached hydrogen (secondary N) is 2. The summed E-state index contributed by atoms with van der Waals surface area (Å²) in [5.74, 6) is -0.913. The second-order valence-electron chi connectivity index (χ2n) is 3.99. The third kappa shape index (κ3) is 2.62.